The molecule has 108 valence electrons. The molecule has 0 aliphatic heterocycles. The Morgan fingerprint density at radius 2 is 1.65 bits per heavy atom. The summed E-state index contributed by atoms with van der Waals surface area (Å²) in [6.45, 7) is 4.03. The second-order valence-electron chi connectivity index (χ2n) is 4.26. The van der Waals surface area contributed by atoms with Gasteiger partial charge in [0.05, 0.1) is 18.6 Å². The molecule has 0 unspecified atom stereocenters. The molecular weight excluding hydrogens is 269 g/mol. The minimum atomic E-state index is -1.26. The number of fused-ring (bicyclic) bond motifs is 1. The highest BCUT2D eigenvalue weighted by molar-refractivity contribution is 5.86. The molecule has 0 aliphatic rings. The van der Waals surface area contributed by atoms with Crippen molar-refractivity contribution in [3.63, 3.8) is 0 Å². The highest BCUT2D eigenvalue weighted by atomic mass is 19.2. The number of rotatable bonds is 5. The number of ether oxygens (including phenoxy) is 2. The Balaban J connectivity index is 2.60. The van der Waals surface area contributed by atoms with Crippen LogP contribution in [-0.2, 0) is 0 Å². The standard InChI is InChI=1S/C15H15F3O2/c1-3-7-20-10-6-5-9-8-11(19-4-2)14(17)15(18)12(9)13(10)16/h5-6,8H,3-4,7H2,1-2H3. The van der Waals surface area contributed by atoms with E-state index in [1.165, 1.54) is 18.2 Å². The lowest BCUT2D eigenvalue weighted by atomic mass is 10.1. The van der Waals surface area contributed by atoms with Crippen LogP contribution in [0.5, 0.6) is 11.5 Å². The van der Waals surface area contributed by atoms with Crippen molar-refractivity contribution in [2.75, 3.05) is 13.2 Å². The quantitative estimate of drug-likeness (QED) is 0.808. The molecule has 5 heteroatoms. The van der Waals surface area contributed by atoms with Gasteiger partial charge in [-0.2, -0.15) is 4.39 Å². The van der Waals surface area contributed by atoms with Crippen molar-refractivity contribution < 1.29 is 22.6 Å². The molecule has 0 amide bonds. The summed E-state index contributed by atoms with van der Waals surface area (Å²) in [4.78, 5) is 0. The average molecular weight is 284 g/mol. The molecule has 0 saturated carbocycles. The van der Waals surface area contributed by atoms with Crippen molar-refractivity contribution in [3.8, 4) is 11.5 Å². The van der Waals surface area contributed by atoms with Gasteiger partial charge in [0.2, 0.25) is 5.82 Å². The van der Waals surface area contributed by atoms with Crippen LogP contribution in [0.1, 0.15) is 20.3 Å². The summed E-state index contributed by atoms with van der Waals surface area (Å²) in [7, 11) is 0. The van der Waals surface area contributed by atoms with Crippen molar-refractivity contribution >= 4 is 10.8 Å². The van der Waals surface area contributed by atoms with Crippen molar-refractivity contribution in [3.05, 3.63) is 35.7 Å². The molecule has 0 N–H and O–H groups in total. The Bertz CT molecular complexity index is 626. The second-order valence-corrected chi connectivity index (χ2v) is 4.26. The van der Waals surface area contributed by atoms with Gasteiger partial charge in [-0.3, -0.25) is 0 Å². The molecule has 0 fully saturated rings. The molecule has 2 aromatic rings. The molecule has 0 aromatic heterocycles. The second kappa shape index (κ2) is 6.03. The first-order chi connectivity index (χ1) is 9.60. The Hall–Kier alpha value is -1.91. The Labute approximate surface area is 115 Å². The largest absolute Gasteiger partial charge is 0.491 e. The van der Waals surface area contributed by atoms with Crippen LogP contribution in [0.4, 0.5) is 13.2 Å². The minimum Gasteiger partial charge on any atom is -0.491 e. The van der Waals surface area contributed by atoms with Crippen molar-refractivity contribution in [1.29, 1.82) is 0 Å². The molecule has 0 saturated heterocycles. The minimum absolute atomic E-state index is 0.0817. The Kier molecular flexibility index (Phi) is 4.37. The maximum absolute atomic E-state index is 14.2. The predicted octanol–water partition coefficient (Wildman–Crippen LogP) is 4.44. The van der Waals surface area contributed by atoms with Crippen LogP contribution >= 0.6 is 0 Å². The van der Waals surface area contributed by atoms with E-state index < -0.39 is 22.8 Å². The Morgan fingerprint density at radius 3 is 2.30 bits per heavy atom. The predicted molar refractivity (Wildman–Crippen MR) is 70.8 cm³/mol. The number of hydrogen-bond acceptors (Lipinski definition) is 2. The molecule has 20 heavy (non-hydrogen) atoms. The lowest BCUT2D eigenvalue weighted by Crippen LogP contribution is -2.01. The topological polar surface area (TPSA) is 18.5 Å². The summed E-state index contributed by atoms with van der Waals surface area (Å²) in [5, 5.41) is -0.187. The van der Waals surface area contributed by atoms with E-state index >= 15 is 0 Å². The number of halogens is 3. The SMILES string of the molecule is CCCOc1ccc2cc(OCC)c(F)c(F)c2c1F. The molecule has 0 aliphatic carbocycles. The van der Waals surface area contributed by atoms with Gasteiger partial charge in [0.1, 0.15) is 0 Å². The zero-order valence-electron chi connectivity index (χ0n) is 11.3. The molecular formula is C15H15F3O2. The molecule has 2 aromatic carbocycles. The van der Waals surface area contributed by atoms with E-state index in [9.17, 15) is 13.2 Å². The molecule has 2 rings (SSSR count). The third-order valence-corrected chi connectivity index (χ3v) is 2.82. The van der Waals surface area contributed by atoms with Gasteiger partial charge < -0.3 is 9.47 Å². The van der Waals surface area contributed by atoms with Crippen LogP contribution in [-0.4, -0.2) is 13.2 Å². The highest BCUT2D eigenvalue weighted by Gasteiger charge is 2.19. The molecule has 0 bridgehead atoms. The van der Waals surface area contributed by atoms with E-state index in [2.05, 4.69) is 0 Å². The van der Waals surface area contributed by atoms with Gasteiger partial charge in [-0.15, -0.1) is 0 Å². The van der Waals surface area contributed by atoms with E-state index in [-0.39, 0.29) is 23.5 Å². The van der Waals surface area contributed by atoms with Crippen LogP contribution < -0.4 is 9.47 Å². The van der Waals surface area contributed by atoms with Gasteiger partial charge in [-0.25, -0.2) is 8.78 Å². The normalized spacial score (nSPS) is 10.8. The first-order valence-corrected chi connectivity index (χ1v) is 6.45. The fourth-order valence-electron chi connectivity index (χ4n) is 1.92. The van der Waals surface area contributed by atoms with Gasteiger partial charge in [-0.1, -0.05) is 13.0 Å². The fraction of sp³-hybridized carbons (Fsp3) is 0.333. The first-order valence-electron chi connectivity index (χ1n) is 6.45. The third-order valence-electron chi connectivity index (χ3n) is 2.82. The van der Waals surface area contributed by atoms with Crippen molar-refractivity contribution in [2.24, 2.45) is 0 Å². The fourth-order valence-corrected chi connectivity index (χ4v) is 1.92. The molecule has 0 atom stereocenters. The maximum atomic E-state index is 14.2. The third kappa shape index (κ3) is 2.53. The molecule has 0 spiro atoms. The highest BCUT2D eigenvalue weighted by Crippen LogP contribution is 2.34. The maximum Gasteiger partial charge on any atom is 0.201 e. The van der Waals surface area contributed by atoms with Gasteiger partial charge in [0.15, 0.2) is 23.1 Å². The summed E-state index contributed by atoms with van der Waals surface area (Å²) in [5.74, 6) is -3.65. The lowest BCUT2D eigenvalue weighted by Gasteiger charge is -2.11. The average Bonchev–Trinajstić information content (AvgIpc) is 2.43. The summed E-state index contributed by atoms with van der Waals surface area (Å²) >= 11 is 0. The van der Waals surface area contributed by atoms with E-state index in [0.29, 0.717) is 13.0 Å². The Morgan fingerprint density at radius 1 is 0.900 bits per heavy atom. The van der Waals surface area contributed by atoms with E-state index in [1.807, 2.05) is 6.92 Å². The zero-order valence-corrected chi connectivity index (χ0v) is 11.3. The summed E-state index contributed by atoms with van der Waals surface area (Å²) in [6.07, 6.45) is 0.692. The van der Waals surface area contributed by atoms with Gasteiger partial charge in [0, 0.05) is 0 Å². The van der Waals surface area contributed by atoms with Crippen LogP contribution in [0.15, 0.2) is 18.2 Å². The zero-order chi connectivity index (χ0) is 14.7. The molecule has 2 nitrogen and oxygen atoms in total. The van der Waals surface area contributed by atoms with Gasteiger partial charge >= 0.3 is 0 Å². The molecule has 0 radical (unpaired) electrons. The summed E-state index contributed by atoms with van der Waals surface area (Å²) < 4.78 is 52.1. The van der Waals surface area contributed by atoms with Crippen LogP contribution in [0.2, 0.25) is 0 Å². The smallest absolute Gasteiger partial charge is 0.201 e. The van der Waals surface area contributed by atoms with E-state index in [1.54, 1.807) is 6.92 Å². The van der Waals surface area contributed by atoms with Crippen molar-refractivity contribution in [1.82, 2.24) is 0 Å². The summed E-state index contributed by atoms with van der Waals surface area (Å²) in [6, 6.07) is 4.17. The number of hydrogen-bond donors (Lipinski definition) is 0. The van der Waals surface area contributed by atoms with Crippen LogP contribution in [0.3, 0.4) is 0 Å². The summed E-state index contributed by atoms with van der Waals surface area (Å²) in [5.41, 5.74) is 0. The van der Waals surface area contributed by atoms with Crippen LogP contribution in [0, 0.1) is 17.5 Å². The van der Waals surface area contributed by atoms with Gasteiger partial charge in [0.25, 0.3) is 0 Å². The first kappa shape index (κ1) is 14.5. The monoisotopic (exact) mass is 284 g/mol. The van der Waals surface area contributed by atoms with Crippen LogP contribution in [0.25, 0.3) is 10.8 Å². The van der Waals surface area contributed by atoms with Crippen molar-refractivity contribution in [2.45, 2.75) is 20.3 Å². The van der Waals surface area contributed by atoms with E-state index in [0.717, 1.165) is 0 Å². The van der Waals surface area contributed by atoms with E-state index in [4.69, 9.17) is 9.47 Å². The van der Waals surface area contributed by atoms with Gasteiger partial charge in [-0.05, 0) is 30.9 Å². The lowest BCUT2D eigenvalue weighted by molar-refractivity contribution is 0.301. The molecule has 0 heterocycles. The number of benzene rings is 2.